The molecular weight excluding hydrogens is 405 g/mol. The van der Waals surface area contributed by atoms with Crippen molar-refractivity contribution in [3.63, 3.8) is 0 Å². The highest BCUT2D eigenvalue weighted by atomic mass is 35.5. The molecule has 1 fully saturated rings. The molecule has 1 spiro atoms. The summed E-state index contributed by atoms with van der Waals surface area (Å²) in [5.41, 5.74) is 1.14. The number of aromatic amines is 1. The van der Waals surface area contributed by atoms with Gasteiger partial charge in [0, 0.05) is 6.42 Å². The highest BCUT2D eigenvalue weighted by molar-refractivity contribution is 6.32. The third-order valence-electron chi connectivity index (χ3n) is 5.92. The average molecular weight is 421 g/mol. The molecule has 8 heteroatoms. The highest BCUT2D eigenvalue weighted by Gasteiger charge is 2.47. The quantitative estimate of drug-likeness (QED) is 0.565. The van der Waals surface area contributed by atoms with E-state index in [1.54, 1.807) is 0 Å². The number of nitrogens with one attached hydrogen (secondary N) is 1. The van der Waals surface area contributed by atoms with E-state index in [4.69, 9.17) is 16.3 Å². The number of imidazole rings is 1. The fraction of sp³-hybridized carbons (Fsp3) is 0.333. The Morgan fingerprint density at radius 3 is 2.79 bits per heavy atom. The largest absolute Gasteiger partial charge is 0.417 e. The number of fused-ring (bicyclic) bond motifs is 3. The van der Waals surface area contributed by atoms with Gasteiger partial charge in [-0.15, -0.1) is 0 Å². The monoisotopic (exact) mass is 420 g/mol. The third kappa shape index (κ3) is 2.95. The topological polar surface area (TPSA) is 55.0 Å². The van der Waals surface area contributed by atoms with Crippen molar-refractivity contribution in [1.29, 1.82) is 0 Å². The van der Waals surface area contributed by atoms with E-state index in [9.17, 15) is 18.0 Å². The molecule has 29 heavy (non-hydrogen) atoms. The number of Topliss-reactive ketones (excluding diaryl/α,β-unsaturated/α-hetero) is 1. The Hall–Kier alpha value is -2.38. The number of carbonyl (C=O) groups is 1. The van der Waals surface area contributed by atoms with Crippen molar-refractivity contribution < 1.29 is 22.7 Å². The van der Waals surface area contributed by atoms with E-state index in [1.807, 2.05) is 24.3 Å². The molecule has 0 amide bonds. The minimum absolute atomic E-state index is 0.0332. The van der Waals surface area contributed by atoms with Crippen LogP contribution in [0.25, 0.3) is 11.0 Å². The lowest BCUT2D eigenvalue weighted by atomic mass is 9.74. The number of rotatable bonds is 1. The van der Waals surface area contributed by atoms with E-state index >= 15 is 0 Å². The Labute approximate surface area is 169 Å². The second-order valence-corrected chi connectivity index (χ2v) is 8.05. The van der Waals surface area contributed by atoms with Gasteiger partial charge in [0.05, 0.1) is 34.1 Å². The fourth-order valence-electron chi connectivity index (χ4n) is 4.49. The van der Waals surface area contributed by atoms with Crippen molar-refractivity contribution in [2.45, 2.75) is 43.6 Å². The lowest BCUT2D eigenvalue weighted by molar-refractivity contribution is -0.137. The summed E-state index contributed by atoms with van der Waals surface area (Å²) in [6.07, 6.45) is -3.18. The number of halogens is 4. The number of nitrogens with zero attached hydrogens (tertiary/aromatic N) is 1. The smallest absolute Gasteiger partial charge is 0.365 e. The summed E-state index contributed by atoms with van der Waals surface area (Å²) in [6, 6.07) is 10.0. The zero-order chi connectivity index (χ0) is 20.4. The lowest BCUT2D eigenvalue weighted by Crippen LogP contribution is -2.36. The van der Waals surface area contributed by atoms with Crippen LogP contribution in [0, 0.1) is 0 Å². The molecule has 2 aliphatic rings. The first-order chi connectivity index (χ1) is 13.8. The summed E-state index contributed by atoms with van der Waals surface area (Å²) in [6.45, 7) is 0.484. The SMILES string of the molecule is O=C1C[C@@]2(CC[C@H]1c1nc3cc(Cl)c(C(F)(F)F)cc3[nH]1)OCc1ccccc12. The predicted molar refractivity (Wildman–Crippen MR) is 101 cm³/mol. The molecule has 2 heterocycles. The standard InChI is InChI=1S/C21H16ClF3N2O2/c22-15-8-17-16(7-14(15)21(23,24)25)26-19(27-17)12-5-6-20(9-18(12)28)13-4-2-1-3-11(13)10-29-20/h1-4,7-8,12H,5-6,9-10H2,(H,26,27)/t12-,20-/m1/s1. The molecule has 1 aliphatic heterocycles. The van der Waals surface area contributed by atoms with E-state index in [0.717, 1.165) is 17.2 Å². The summed E-state index contributed by atoms with van der Waals surface area (Å²) in [4.78, 5) is 20.3. The van der Waals surface area contributed by atoms with Gasteiger partial charge < -0.3 is 9.72 Å². The van der Waals surface area contributed by atoms with Gasteiger partial charge in [-0.3, -0.25) is 4.79 Å². The van der Waals surface area contributed by atoms with Gasteiger partial charge in [0.15, 0.2) is 0 Å². The number of hydrogen-bond donors (Lipinski definition) is 1. The van der Waals surface area contributed by atoms with Gasteiger partial charge in [0.2, 0.25) is 0 Å². The first kappa shape index (κ1) is 18.6. The van der Waals surface area contributed by atoms with Crippen LogP contribution in [0.15, 0.2) is 36.4 Å². The second-order valence-electron chi connectivity index (χ2n) is 7.64. The number of ketones is 1. The van der Waals surface area contributed by atoms with Gasteiger partial charge in [0.1, 0.15) is 17.2 Å². The maximum absolute atomic E-state index is 13.1. The van der Waals surface area contributed by atoms with Crippen molar-refractivity contribution in [1.82, 2.24) is 9.97 Å². The van der Waals surface area contributed by atoms with Gasteiger partial charge in [-0.2, -0.15) is 13.2 Å². The number of H-pyrrole nitrogens is 1. The molecule has 0 bridgehead atoms. The van der Waals surface area contributed by atoms with Crippen molar-refractivity contribution >= 4 is 28.4 Å². The van der Waals surface area contributed by atoms with Crippen LogP contribution in [0.1, 0.15) is 47.7 Å². The normalized spacial score (nSPS) is 24.4. The summed E-state index contributed by atoms with van der Waals surface area (Å²) >= 11 is 5.78. The first-order valence-corrected chi connectivity index (χ1v) is 9.66. The molecule has 1 N–H and O–H groups in total. The molecule has 0 radical (unpaired) electrons. The molecule has 0 unspecified atom stereocenters. The van der Waals surface area contributed by atoms with Crippen LogP contribution in [0.2, 0.25) is 5.02 Å². The molecule has 3 aromatic rings. The maximum Gasteiger partial charge on any atom is 0.417 e. The van der Waals surface area contributed by atoms with Gasteiger partial charge in [0.25, 0.3) is 0 Å². The van der Waals surface area contributed by atoms with Crippen molar-refractivity contribution in [3.8, 4) is 0 Å². The van der Waals surface area contributed by atoms with Crippen LogP contribution in [0.5, 0.6) is 0 Å². The van der Waals surface area contributed by atoms with E-state index in [-0.39, 0.29) is 17.7 Å². The molecule has 4 nitrogen and oxygen atoms in total. The molecule has 2 atom stereocenters. The van der Waals surface area contributed by atoms with Crippen LogP contribution >= 0.6 is 11.6 Å². The summed E-state index contributed by atoms with van der Waals surface area (Å²) in [5, 5.41) is -0.409. The molecule has 2 aromatic carbocycles. The Balaban J connectivity index is 1.46. The molecule has 0 saturated heterocycles. The Bertz CT molecular complexity index is 1140. The number of hydrogen-bond acceptors (Lipinski definition) is 3. The Morgan fingerprint density at radius 2 is 2.03 bits per heavy atom. The summed E-state index contributed by atoms with van der Waals surface area (Å²) in [5.74, 6) is -0.159. The molecule has 150 valence electrons. The molecule has 5 rings (SSSR count). The minimum atomic E-state index is -4.56. The summed E-state index contributed by atoms with van der Waals surface area (Å²) in [7, 11) is 0. The second kappa shape index (κ2) is 6.31. The van der Waals surface area contributed by atoms with Crippen LogP contribution in [-0.2, 0) is 27.9 Å². The zero-order valence-electron chi connectivity index (χ0n) is 15.1. The van der Waals surface area contributed by atoms with Gasteiger partial charge >= 0.3 is 6.18 Å². The third-order valence-corrected chi connectivity index (χ3v) is 6.23. The van der Waals surface area contributed by atoms with E-state index in [0.29, 0.717) is 30.8 Å². The summed E-state index contributed by atoms with van der Waals surface area (Å²) < 4.78 is 45.4. The van der Waals surface area contributed by atoms with E-state index < -0.39 is 28.3 Å². The van der Waals surface area contributed by atoms with Crippen LogP contribution in [0.4, 0.5) is 13.2 Å². The number of benzene rings is 2. The maximum atomic E-state index is 13.1. The number of ether oxygens (including phenoxy) is 1. The van der Waals surface area contributed by atoms with Gasteiger partial charge in [-0.25, -0.2) is 4.98 Å². The number of alkyl halides is 3. The van der Waals surface area contributed by atoms with E-state index in [1.165, 1.54) is 6.07 Å². The predicted octanol–water partition coefficient (Wildman–Crippen LogP) is 5.50. The fourth-order valence-corrected chi connectivity index (χ4v) is 4.76. The van der Waals surface area contributed by atoms with Crippen molar-refractivity contribution in [2.24, 2.45) is 0 Å². The van der Waals surface area contributed by atoms with Crippen LogP contribution in [-0.4, -0.2) is 15.8 Å². The van der Waals surface area contributed by atoms with Gasteiger partial charge in [-0.1, -0.05) is 35.9 Å². The molecular formula is C21H16ClF3N2O2. The number of carbonyl (C=O) groups excluding carboxylic acids is 1. The Kier molecular flexibility index (Phi) is 4.05. The first-order valence-electron chi connectivity index (χ1n) is 9.28. The average Bonchev–Trinajstić information content (AvgIpc) is 3.22. The minimum Gasteiger partial charge on any atom is -0.365 e. The number of aromatic nitrogens is 2. The molecule has 1 aliphatic carbocycles. The van der Waals surface area contributed by atoms with Gasteiger partial charge in [-0.05, 0) is 36.1 Å². The van der Waals surface area contributed by atoms with Crippen molar-refractivity contribution in [3.05, 3.63) is 63.9 Å². The lowest BCUT2D eigenvalue weighted by Gasteiger charge is -2.35. The molecule has 1 aromatic heterocycles. The molecule has 1 saturated carbocycles. The van der Waals surface area contributed by atoms with Crippen LogP contribution < -0.4 is 0 Å². The zero-order valence-corrected chi connectivity index (χ0v) is 15.9. The van der Waals surface area contributed by atoms with Crippen molar-refractivity contribution in [2.75, 3.05) is 0 Å². The highest BCUT2D eigenvalue weighted by Crippen LogP contribution is 2.48. The van der Waals surface area contributed by atoms with E-state index in [2.05, 4.69) is 9.97 Å². The Morgan fingerprint density at radius 1 is 1.24 bits per heavy atom. The van der Waals surface area contributed by atoms with Crippen LogP contribution in [0.3, 0.4) is 0 Å².